The van der Waals surface area contributed by atoms with Crippen LogP contribution in [0.1, 0.15) is 5.56 Å². The van der Waals surface area contributed by atoms with E-state index in [2.05, 4.69) is 5.32 Å². The van der Waals surface area contributed by atoms with Crippen molar-refractivity contribution in [3.8, 4) is 5.75 Å². The fourth-order valence-corrected chi connectivity index (χ4v) is 1.48. The number of aliphatic hydroxyl groups is 3. The van der Waals surface area contributed by atoms with Gasteiger partial charge in [0.05, 0.1) is 20.3 Å². The summed E-state index contributed by atoms with van der Waals surface area (Å²) in [5, 5.41) is 30.2. The lowest BCUT2D eigenvalue weighted by Gasteiger charge is -2.23. The highest BCUT2D eigenvalue weighted by atomic mass is 19.1. The van der Waals surface area contributed by atoms with Gasteiger partial charge in [-0.1, -0.05) is 0 Å². The van der Waals surface area contributed by atoms with Crippen molar-refractivity contribution < 1.29 is 24.4 Å². The second-order valence-corrected chi connectivity index (χ2v) is 4.10. The maximum atomic E-state index is 13.1. The van der Waals surface area contributed by atoms with Crippen LogP contribution in [-0.2, 0) is 6.54 Å². The van der Waals surface area contributed by atoms with Gasteiger partial charge in [-0.15, -0.1) is 0 Å². The number of aliphatic hydroxyl groups excluding tert-OH is 2. The predicted octanol–water partition coefficient (Wildman–Crippen LogP) is -0.360. The maximum Gasteiger partial charge on any atom is 0.123 e. The molecule has 0 fully saturated rings. The molecule has 6 heteroatoms. The molecule has 0 aliphatic carbocycles. The van der Waals surface area contributed by atoms with E-state index in [0.29, 0.717) is 11.3 Å². The third kappa shape index (κ3) is 3.92. The van der Waals surface area contributed by atoms with E-state index in [-0.39, 0.29) is 18.9 Å². The maximum absolute atomic E-state index is 13.1. The van der Waals surface area contributed by atoms with E-state index in [1.54, 1.807) is 0 Å². The quantitative estimate of drug-likeness (QED) is 0.537. The Labute approximate surface area is 105 Å². The zero-order valence-corrected chi connectivity index (χ0v) is 10.2. The molecule has 0 aliphatic heterocycles. The van der Waals surface area contributed by atoms with Gasteiger partial charge in [0, 0.05) is 18.7 Å². The number of hydrogen-bond donors (Lipinski definition) is 4. The van der Waals surface area contributed by atoms with Crippen LogP contribution >= 0.6 is 0 Å². The van der Waals surface area contributed by atoms with Crippen LogP contribution in [0.3, 0.4) is 0 Å². The number of rotatable bonds is 7. The molecule has 0 amide bonds. The number of methoxy groups -OCH3 is 1. The normalized spacial score (nSPS) is 11.6. The molecule has 0 saturated heterocycles. The Hall–Kier alpha value is -1.21. The average molecular weight is 259 g/mol. The molecule has 0 aliphatic rings. The van der Waals surface area contributed by atoms with Crippen molar-refractivity contribution >= 4 is 0 Å². The highest BCUT2D eigenvalue weighted by Gasteiger charge is 2.24. The lowest BCUT2D eigenvalue weighted by Crippen LogP contribution is -2.46. The van der Waals surface area contributed by atoms with E-state index in [1.165, 1.54) is 25.3 Å². The van der Waals surface area contributed by atoms with Gasteiger partial charge in [-0.05, 0) is 18.2 Å². The highest BCUT2D eigenvalue weighted by molar-refractivity contribution is 5.33. The Kier molecular flexibility index (Phi) is 5.49. The van der Waals surface area contributed by atoms with Gasteiger partial charge in [0.25, 0.3) is 0 Å². The molecule has 0 heterocycles. The Balaban J connectivity index is 2.60. The third-order valence-electron chi connectivity index (χ3n) is 2.60. The van der Waals surface area contributed by atoms with E-state index in [0.717, 1.165) is 0 Å². The van der Waals surface area contributed by atoms with Crippen LogP contribution in [0.4, 0.5) is 4.39 Å². The number of hydrogen-bond acceptors (Lipinski definition) is 5. The Bertz CT molecular complexity index is 382. The molecule has 0 atom stereocenters. The fourth-order valence-electron chi connectivity index (χ4n) is 1.48. The van der Waals surface area contributed by atoms with Crippen molar-refractivity contribution in [1.29, 1.82) is 0 Å². The first-order valence-corrected chi connectivity index (χ1v) is 5.52. The standard InChI is InChI=1S/C12H18FNO4/c1-18-11-3-2-10(13)4-9(11)5-14-6-12(17,7-15)8-16/h2-4,14-17H,5-8H2,1H3. The van der Waals surface area contributed by atoms with E-state index >= 15 is 0 Å². The lowest BCUT2D eigenvalue weighted by molar-refractivity contribution is -0.0530. The van der Waals surface area contributed by atoms with Crippen LogP contribution < -0.4 is 10.1 Å². The molecule has 0 spiro atoms. The molecule has 0 radical (unpaired) electrons. The summed E-state index contributed by atoms with van der Waals surface area (Å²) in [6, 6.07) is 4.12. The predicted molar refractivity (Wildman–Crippen MR) is 63.8 cm³/mol. The summed E-state index contributed by atoms with van der Waals surface area (Å²) in [5.41, 5.74) is -0.990. The first-order valence-electron chi connectivity index (χ1n) is 5.52. The second-order valence-electron chi connectivity index (χ2n) is 4.10. The Morgan fingerprint density at radius 2 is 2.00 bits per heavy atom. The molecular formula is C12H18FNO4. The van der Waals surface area contributed by atoms with Crippen molar-refractivity contribution in [3.05, 3.63) is 29.6 Å². The minimum absolute atomic E-state index is 0.0142. The highest BCUT2D eigenvalue weighted by Crippen LogP contribution is 2.19. The molecule has 4 N–H and O–H groups in total. The van der Waals surface area contributed by atoms with Crippen LogP contribution in [0.2, 0.25) is 0 Å². The van der Waals surface area contributed by atoms with Gasteiger partial charge in [0.15, 0.2) is 0 Å². The molecule has 0 aromatic heterocycles. The zero-order valence-electron chi connectivity index (χ0n) is 10.2. The van der Waals surface area contributed by atoms with E-state index in [4.69, 9.17) is 14.9 Å². The van der Waals surface area contributed by atoms with E-state index in [1.807, 2.05) is 0 Å². The fraction of sp³-hybridized carbons (Fsp3) is 0.500. The van der Waals surface area contributed by atoms with Crippen molar-refractivity contribution in [1.82, 2.24) is 5.32 Å². The van der Waals surface area contributed by atoms with Crippen molar-refractivity contribution in [3.63, 3.8) is 0 Å². The summed E-state index contributed by atoms with van der Waals surface area (Å²) in [5.74, 6) is 0.146. The van der Waals surface area contributed by atoms with E-state index in [9.17, 15) is 9.50 Å². The minimum Gasteiger partial charge on any atom is -0.496 e. The Morgan fingerprint density at radius 1 is 1.33 bits per heavy atom. The molecule has 1 rings (SSSR count). The molecule has 102 valence electrons. The number of halogens is 1. The van der Waals surface area contributed by atoms with Gasteiger partial charge >= 0.3 is 0 Å². The van der Waals surface area contributed by atoms with Gasteiger partial charge < -0.3 is 25.4 Å². The summed E-state index contributed by atoms with van der Waals surface area (Å²) in [6.45, 7) is -0.878. The van der Waals surface area contributed by atoms with E-state index < -0.39 is 18.8 Å². The van der Waals surface area contributed by atoms with Gasteiger partial charge in [0.1, 0.15) is 17.2 Å². The van der Waals surface area contributed by atoms with Crippen molar-refractivity contribution in [2.75, 3.05) is 26.9 Å². The summed E-state index contributed by atoms with van der Waals surface area (Å²) in [4.78, 5) is 0. The molecule has 0 saturated carbocycles. The molecule has 0 unspecified atom stereocenters. The second kappa shape index (κ2) is 6.65. The monoisotopic (exact) mass is 259 g/mol. The average Bonchev–Trinajstić information content (AvgIpc) is 2.39. The molecule has 0 bridgehead atoms. The summed E-state index contributed by atoms with van der Waals surface area (Å²) >= 11 is 0. The summed E-state index contributed by atoms with van der Waals surface area (Å²) in [6.07, 6.45) is 0. The molecule has 1 aromatic rings. The van der Waals surface area contributed by atoms with Gasteiger partial charge in [-0.2, -0.15) is 0 Å². The molecule has 5 nitrogen and oxygen atoms in total. The lowest BCUT2D eigenvalue weighted by atomic mass is 10.1. The van der Waals surface area contributed by atoms with Crippen LogP contribution in [0.15, 0.2) is 18.2 Å². The first kappa shape index (κ1) is 14.8. The SMILES string of the molecule is COc1ccc(F)cc1CNCC(O)(CO)CO. The van der Waals surface area contributed by atoms with Crippen LogP contribution in [-0.4, -0.2) is 47.8 Å². The number of nitrogens with one attached hydrogen (secondary N) is 1. The summed E-state index contributed by atoms with van der Waals surface area (Å²) < 4.78 is 18.1. The van der Waals surface area contributed by atoms with Gasteiger partial charge in [-0.25, -0.2) is 4.39 Å². The van der Waals surface area contributed by atoms with Gasteiger partial charge in [-0.3, -0.25) is 0 Å². The largest absolute Gasteiger partial charge is 0.496 e. The minimum atomic E-state index is -1.58. The van der Waals surface area contributed by atoms with Crippen molar-refractivity contribution in [2.24, 2.45) is 0 Å². The smallest absolute Gasteiger partial charge is 0.123 e. The van der Waals surface area contributed by atoms with Crippen LogP contribution in [0.25, 0.3) is 0 Å². The molecular weight excluding hydrogens is 241 g/mol. The third-order valence-corrected chi connectivity index (χ3v) is 2.60. The molecule has 1 aromatic carbocycles. The number of benzene rings is 1. The summed E-state index contributed by atoms with van der Waals surface area (Å²) in [7, 11) is 1.48. The Morgan fingerprint density at radius 3 is 2.56 bits per heavy atom. The van der Waals surface area contributed by atoms with Crippen molar-refractivity contribution in [2.45, 2.75) is 12.1 Å². The number of ether oxygens (including phenoxy) is 1. The van der Waals surface area contributed by atoms with Crippen LogP contribution in [0.5, 0.6) is 5.75 Å². The molecule has 18 heavy (non-hydrogen) atoms. The topological polar surface area (TPSA) is 82.0 Å². The van der Waals surface area contributed by atoms with Crippen LogP contribution in [0, 0.1) is 5.82 Å². The first-order chi connectivity index (χ1) is 8.54. The van der Waals surface area contributed by atoms with Gasteiger partial charge in [0.2, 0.25) is 0 Å². The zero-order chi connectivity index (χ0) is 13.6.